The Kier molecular flexibility index (Phi) is 6.36. The van der Waals surface area contributed by atoms with Crippen LogP contribution in [0.4, 0.5) is 11.4 Å². The van der Waals surface area contributed by atoms with E-state index in [9.17, 15) is 29.8 Å². The predicted molar refractivity (Wildman–Crippen MR) is 96.2 cm³/mol. The lowest BCUT2D eigenvalue weighted by molar-refractivity contribution is -0.388. The fourth-order valence-corrected chi connectivity index (χ4v) is 4.18. The number of carbonyl (C=O) groups is 2. The highest BCUT2D eigenvalue weighted by molar-refractivity contribution is 8.76. The highest BCUT2D eigenvalue weighted by atomic mass is 33.1. The standard InChI is InChI=1S/C15H10N2O8S2/c1-25-15(20)9-3-5-13(11(7-9)17(23)24)27-26-12-4-2-8(14(18)19)6-10(12)16(21)22/h2-7H,1H3,(H,18,19). The molecule has 27 heavy (non-hydrogen) atoms. The third kappa shape index (κ3) is 4.74. The van der Waals surface area contributed by atoms with Crippen LogP contribution in [0.25, 0.3) is 0 Å². The van der Waals surface area contributed by atoms with Crippen LogP contribution in [0.2, 0.25) is 0 Å². The Morgan fingerprint density at radius 1 is 0.926 bits per heavy atom. The normalized spacial score (nSPS) is 10.3. The number of nitro groups is 2. The number of aromatic carboxylic acids is 1. The van der Waals surface area contributed by atoms with Crippen LogP contribution in [0, 0.1) is 20.2 Å². The number of carbonyl (C=O) groups excluding carboxylic acids is 1. The molecule has 0 saturated heterocycles. The molecule has 0 fully saturated rings. The lowest BCUT2D eigenvalue weighted by Crippen LogP contribution is -2.02. The van der Waals surface area contributed by atoms with Gasteiger partial charge in [-0.1, -0.05) is 0 Å². The summed E-state index contributed by atoms with van der Waals surface area (Å²) in [4.78, 5) is 43.7. The smallest absolute Gasteiger partial charge is 0.338 e. The summed E-state index contributed by atoms with van der Waals surface area (Å²) in [5.74, 6) is -2.04. The van der Waals surface area contributed by atoms with Crippen molar-refractivity contribution >= 4 is 44.9 Å². The summed E-state index contributed by atoms with van der Waals surface area (Å²) in [6, 6.07) is 7.10. The van der Waals surface area contributed by atoms with Gasteiger partial charge in [0.25, 0.3) is 11.4 Å². The van der Waals surface area contributed by atoms with E-state index in [1.54, 1.807) is 0 Å². The SMILES string of the molecule is COC(=O)c1ccc(SSc2ccc(C(=O)O)cc2[N+](=O)[O-])c([N+](=O)[O-])c1. The number of methoxy groups -OCH3 is 1. The maximum absolute atomic E-state index is 11.5. The third-order valence-electron chi connectivity index (χ3n) is 3.20. The van der Waals surface area contributed by atoms with Gasteiger partial charge in [0.2, 0.25) is 0 Å². The summed E-state index contributed by atoms with van der Waals surface area (Å²) in [5.41, 5.74) is -1.04. The van der Waals surface area contributed by atoms with Crippen molar-refractivity contribution < 1.29 is 29.3 Å². The number of esters is 1. The summed E-state index contributed by atoms with van der Waals surface area (Å²) in [6.07, 6.45) is 0. The molecule has 2 rings (SSSR count). The summed E-state index contributed by atoms with van der Waals surface area (Å²) in [7, 11) is 2.88. The monoisotopic (exact) mass is 410 g/mol. The van der Waals surface area contributed by atoms with E-state index in [0.29, 0.717) is 0 Å². The van der Waals surface area contributed by atoms with Crippen molar-refractivity contribution in [3.8, 4) is 0 Å². The minimum atomic E-state index is -1.31. The van der Waals surface area contributed by atoms with E-state index in [0.717, 1.165) is 40.8 Å². The zero-order valence-corrected chi connectivity index (χ0v) is 15.1. The molecule has 12 heteroatoms. The van der Waals surface area contributed by atoms with Gasteiger partial charge in [-0.3, -0.25) is 20.2 Å². The minimum Gasteiger partial charge on any atom is -0.478 e. The number of nitrogens with zero attached hydrogens (tertiary/aromatic N) is 2. The van der Waals surface area contributed by atoms with E-state index in [1.807, 2.05) is 0 Å². The number of benzene rings is 2. The summed E-state index contributed by atoms with van der Waals surface area (Å²) >= 11 is 0. The van der Waals surface area contributed by atoms with Gasteiger partial charge < -0.3 is 9.84 Å². The number of nitro benzene ring substituents is 2. The van der Waals surface area contributed by atoms with E-state index in [4.69, 9.17) is 5.11 Å². The second-order valence-electron chi connectivity index (χ2n) is 4.84. The molecular formula is C15H10N2O8S2. The number of hydrogen-bond donors (Lipinski definition) is 1. The number of rotatable bonds is 7. The van der Waals surface area contributed by atoms with E-state index in [-0.39, 0.29) is 26.6 Å². The molecule has 0 amide bonds. The Hall–Kier alpha value is -3.12. The van der Waals surface area contributed by atoms with Gasteiger partial charge in [-0.15, -0.1) is 0 Å². The summed E-state index contributed by atoms with van der Waals surface area (Å²) in [6.45, 7) is 0. The highest BCUT2D eigenvalue weighted by Gasteiger charge is 2.22. The van der Waals surface area contributed by atoms with Gasteiger partial charge >= 0.3 is 11.9 Å². The van der Waals surface area contributed by atoms with E-state index in [2.05, 4.69) is 4.74 Å². The number of ether oxygens (including phenoxy) is 1. The zero-order chi connectivity index (χ0) is 20.1. The minimum absolute atomic E-state index is 0.00431. The predicted octanol–water partition coefficient (Wildman–Crippen LogP) is 3.79. The molecule has 1 N–H and O–H groups in total. The van der Waals surface area contributed by atoms with Crippen molar-refractivity contribution in [2.75, 3.05) is 7.11 Å². The van der Waals surface area contributed by atoms with Crippen LogP contribution < -0.4 is 0 Å². The van der Waals surface area contributed by atoms with Crippen molar-refractivity contribution in [1.29, 1.82) is 0 Å². The maximum Gasteiger partial charge on any atom is 0.338 e. The van der Waals surface area contributed by atoms with Crippen molar-refractivity contribution in [1.82, 2.24) is 0 Å². The van der Waals surface area contributed by atoms with Gasteiger partial charge in [0.1, 0.15) is 0 Å². The van der Waals surface area contributed by atoms with Gasteiger partial charge in [-0.25, -0.2) is 9.59 Å². The van der Waals surface area contributed by atoms with Crippen molar-refractivity contribution in [2.45, 2.75) is 9.79 Å². The van der Waals surface area contributed by atoms with E-state index >= 15 is 0 Å². The first-order valence-corrected chi connectivity index (χ1v) is 9.12. The topological polar surface area (TPSA) is 150 Å². The largest absolute Gasteiger partial charge is 0.478 e. The average Bonchev–Trinajstić information content (AvgIpc) is 2.65. The maximum atomic E-state index is 11.5. The van der Waals surface area contributed by atoms with Crippen molar-refractivity contribution in [3.63, 3.8) is 0 Å². The second-order valence-corrected chi connectivity index (χ2v) is 7.06. The number of carboxylic acid groups (broad SMARTS) is 1. The van der Waals surface area contributed by atoms with Crippen LogP contribution in [0.1, 0.15) is 20.7 Å². The Labute approximate surface area is 159 Å². The second kappa shape index (κ2) is 8.51. The molecule has 140 valence electrons. The van der Waals surface area contributed by atoms with Crippen molar-refractivity contribution in [2.24, 2.45) is 0 Å². The molecular weight excluding hydrogens is 400 g/mol. The van der Waals surface area contributed by atoms with Gasteiger partial charge in [-0.2, -0.15) is 0 Å². The van der Waals surface area contributed by atoms with Crippen LogP contribution in [0.5, 0.6) is 0 Å². The molecule has 0 aliphatic carbocycles. The Balaban J connectivity index is 2.33. The van der Waals surface area contributed by atoms with Crippen LogP contribution in [-0.4, -0.2) is 34.0 Å². The molecule has 10 nitrogen and oxygen atoms in total. The zero-order valence-electron chi connectivity index (χ0n) is 13.5. The molecule has 0 aromatic heterocycles. The first-order valence-electron chi connectivity index (χ1n) is 6.97. The third-order valence-corrected chi connectivity index (χ3v) is 5.66. The van der Waals surface area contributed by atoms with Crippen LogP contribution in [0.15, 0.2) is 46.2 Å². The lowest BCUT2D eigenvalue weighted by atomic mass is 10.2. The van der Waals surface area contributed by atoms with Crippen LogP contribution in [-0.2, 0) is 4.74 Å². The lowest BCUT2D eigenvalue weighted by Gasteiger charge is -2.06. The molecule has 0 aliphatic heterocycles. The molecule has 0 aliphatic rings. The molecule has 0 atom stereocenters. The van der Waals surface area contributed by atoms with Gasteiger partial charge in [0.05, 0.1) is 37.9 Å². The van der Waals surface area contributed by atoms with Crippen molar-refractivity contribution in [3.05, 3.63) is 67.8 Å². The molecule has 0 saturated carbocycles. The fourth-order valence-electron chi connectivity index (χ4n) is 1.93. The molecule has 0 spiro atoms. The number of carboxylic acids is 1. The van der Waals surface area contributed by atoms with Crippen LogP contribution >= 0.6 is 21.6 Å². The van der Waals surface area contributed by atoms with Gasteiger partial charge in [-0.05, 0) is 45.9 Å². The molecule has 0 bridgehead atoms. The first kappa shape index (κ1) is 20.2. The first-order chi connectivity index (χ1) is 12.7. The van der Waals surface area contributed by atoms with E-state index in [1.165, 1.54) is 24.3 Å². The Morgan fingerprint density at radius 3 is 1.78 bits per heavy atom. The van der Waals surface area contributed by atoms with E-state index < -0.39 is 27.5 Å². The Bertz CT molecular complexity index is 947. The summed E-state index contributed by atoms with van der Waals surface area (Å²) in [5, 5.41) is 31.3. The van der Waals surface area contributed by atoms with Gasteiger partial charge in [0, 0.05) is 12.1 Å². The molecule has 2 aromatic rings. The molecule has 0 unspecified atom stereocenters. The molecule has 0 heterocycles. The molecule has 0 radical (unpaired) electrons. The van der Waals surface area contributed by atoms with Crippen LogP contribution in [0.3, 0.4) is 0 Å². The van der Waals surface area contributed by atoms with Gasteiger partial charge in [0.15, 0.2) is 0 Å². The number of hydrogen-bond acceptors (Lipinski definition) is 9. The fraction of sp³-hybridized carbons (Fsp3) is 0.0667. The highest BCUT2D eigenvalue weighted by Crippen LogP contribution is 2.45. The molecule has 2 aromatic carbocycles. The average molecular weight is 410 g/mol. The Morgan fingerprint density at radius 2 is 1.37 bits per heavy atom. The summed E-state index contributed by atoms with van der Waals surface area (Å²) < 4.78 is 4.52. The quantitative estimate of drug-likeness (QED) is 0.309.